The Morgan fingerprint density at radius 3 is 2.74 bits per heavy atom. The van der Waals surface area contributed by atoms with Crippen molar-refractivity contribution in [1.29, 1.82) is 0 Å². The van der Waals surface area contributed by atoms with Crippen LogP contribution in [0.25, 0.3) is 0 Å². The monoisotopic (exact) mass is 257 g/mol. The van der Waals surface area contributed by atoms with Gasteiger partial charge >= 0.3 is 0 Å². The van der Waals surface area contributed by atoms with Crippen LogP contribution >= 0.6 is 0 Å². The zero-order valence-corrected chi connectivity index (χ0v) is 10.8. The first kappa shape index (κ1) is 12.9. The number of nitrogen functional groups attached to an aromatic ring is 1. The van der Waals surface area contributed by atoms with Gasteiger partial charge < -0.3 is 10.5 Å². The fourth-order valence-corrected chi connectivity index (χ4v) is 1.72. The third kappa shape index (κ3) is 2.65. The summed E-state index contributed by atoms with van der Waals surface area (Å²) in [4.78, 5) is 18.0. The van der Waals surface area contributed by atoms with Crippen molar-refractivity contribution < 1.29 is 9.53 Å². The highest BCUT2D eigenvalue weighted by Crippen LogP contribution is 2.21. The summed E-state index contributed by atoms with van der Waals surface area (Å²) in [6, 6.07) is 10.4. The van der Waals surface area contributed by atoms with E-state index < -0.39 is 0 Å². The molecule has 1 heterocycles. The molecule has 0 aliphatic carbocycles. The van der Waals surface area contributed by atoms with Crippen molar-refractivity contribution in [1.82, 2.24) is 4.98 Å². The van der Waals surface area contributed by atoms with Crippen LogP contribution in [0.5, 0.6) is 5.75 Å². The van der Waals surface area contributed by atoms with Gasteiger partial charge in [-0.05, 0) is 18.2 Å². The first-order chi connectivity index (χ1) is 9.13. The van der Waals surface area contributed by atoms with Gasteiger partial charge in [-0.2, -0.15) is 0 Å². The third-order valence-corrected chi connectivity index (χ3v) is 2.76. The fourth-order valence-electron chi connectivity index (χ4n) is 1.72. The average molecular weight is 257 g/mol. The molecule has 2 aromatic rings. The molecule has 0 aliphatic heterocycles. The summed E-state index contributed by atoms with van der Waals surface area (Å²) in [6.07, 6.45) is 1.57. The number of methoxy groups -OCH3 is 1. The van der Waals surface area contributed by atoms with E-state index >= 15 is 0 Å². The quantitative estimate of drug-likeness (QED) is 0.912. The van der Waals surface area contributed by atoms with Gasteiger partial charge in [0.2, 0.25) is 0 Å². The van der Waals surface area contributed by atoms with Crippen LogP contribution in [0.4, 0.5) is 11.5 Å². The summed E-state index contributed by atoms with van der Waals surface area (Å²) in [5, 5.41) is 0. The Morgan fingerprint density at radius 1 is 1.32 bits per heavy atom. The van der Waals surface area contributed by atoms with Crippen LogP contribution in [0.2, 0.25) is 0 Å². The highest BCUT2D eigenvalue weighted by Gasteiger charge is 2.18. The predicted molar refractivity (Wildman–Crippen MR) is 74.4 cm³/mol. The van der Waals surface area contributed by atoms with E-state index in [0.29, 0.717) is 22.8 Å². The number of anilines is 2. The van der Waals surface area contributed by atoms with Crippen molar-refractivity contribution in [3.05, 3.63) is 48.2 Å². The van der Waals surface area contributed by atoms with Gasteiger partial charge in [0.1, 0.15) is 11.6 Å². The Morgan fingerprint density at radius 2 is 2.05 bits per heavy atom. The van der Waals surface area contributed by atoms with E-state index in [1.54, 1.807) is 43.6 Å². The second kappa shape index (κ2) is 5.39. The second-order valence-corrected chi connectivity index (χ2v) is 4.01. The van der Waals surface area contributed by atoms with Crippen LogP contribution in [0.3, 0.4) is 0 Å². The van der Waals surface area contributed by atoms with Crippen molar-refractivity contribution >= 4 is 17.4 Å². The van der Waals surface area contributed by atoms with Gasteiger partial charge in [-0.1, -0.05) is 12.1 Å². The normalized spacial score (nSPS) is 10.0. The molecule has 0 aliphatic rings. The van der Waals surface area contributed by atoms with E-state index in [0.717, 1.165) is 0 Å². The molecule has 2 N–H and O–H groups in total. The van der Waals surface area contributed by atoms with E-state index in [-0.39, 0.29) is 5.91 Å². The summed E-state index contributed by atoms with van der Waals surface area (Å²) in [5.74, 6) is 0.828. The minimum atomic E-state index is -0.199. The predicted octanol–water partition coefficient (Wildman–Crippen LogP) is 1.95. The summed E-state index contributed by atoms with van der Waals surface area (Å²) < 4.78 is 5.18. The van der Waals surface area contributed by atoms with Crippen molar-refractivity contribution in [2.75, 3.05) is 24.8 Å². The molecule has 98 valence electrons. The summed E-state index contributed by atoms with van der Waals surface area (Å²) in [7, 11) is 3.18. The lowest BCUT2D eigenvalue weighted by atomic mass is 10.1. The van der Waals surface area contributed by atoms with Crippen LogP contribution in [-0.4, -0.2) is 25.0 Å². The number of carbonyl (C=O) groups excluding carboxylic acids is 1. The first-order valence-corrected chi connectivity index (χ1v) is 5.76. The largest absolute Gasteiger partial charge is 0.496 e. The number of amides is 1. The molecule has 0 bridgehead atoms. The van der Waals surface area contributed by atoms with E-state index in [9.17, 15) is 4.79 Å². The Balaban J connectivity index is 2.33. The van der Waals surface area contributed by atoms with Gasteiger partial charge in [0, 0.05) is 25.0 Å². The summed E-state index contributed by atoms with van der Waals surface area (Å²) in [5.41, 5.74) is 6.73. The molecule has 0 spiro atoms. The van der Waals surface area contributed by atoms with Crippen LogP contribution in [0.1, 0.15) is 10.4 Å². The molecule has 0 atom stereocenters. The highest BCUT2D eigenvalue weighted by atomic mass is 16.5. The number of benzene rings is 1. The number of rotatable bonds is 3. The molecule has 19 heavy (non-hydrogen) atoms. The lowest BCUT2D eigenvalue weighted by molar-refractivity contribution is 0.0989. The average Bonchev–Trinajstić information content (AvgIpc) is 2.45. The van der Waals surface area contributed by atoms with Gasteiger partial charge in [0.05, 0.1) is 12.7 Å². The van der Waals surface area contributed by atoms with E-state index in [4.69, 9.17) is 10.5 Å². The Labute approximate surface area is 111 Å². The number of hydrogen-bond donors (Lipinski definition) is 1. The summed E-state index contributed by atoms with van der Waals surface area (Å²) >= 11 is 0. The lowest BCUT2D eigenvalue weighted by Gasteiger charge is -2.17. The molecule has 5 nitrogen and oxygen atoms in total. The van der Waals surface area contributed by atoms with Crippen LogP contribution in [0.15, 0.2) is 42.6 Å². The minimum absolute atomic E-state index is 0.199. The van der Waals surface area contributed by atoms with Crippen LogP contribution in [0, 0.1) is 0 Å². The molecule has 0 fully saturated rings. The third-order valence-electron chi connectivity index (χ3n) is 2.76. The molecule has 0 radical (unpaired) electrons. The standard InChI is InChI=1S/C14H15N3O2/c1-17(13-9-10(15)7-8-16-13)14(18)11-5-3-4-6-12(11)19-2/h3-9H,1-2H3,(H2,15,16). The van der Waals surface area contributed by atoms with Gasteiger partial charge in [-0.25, -0.2) is 4.98 Å². The molecule has 1 aromatic heterocycles. The smallest absolute Gasteiger partial charge is 0.262 e. The maximum absolute atomic E-state index is 12.4. The number of carbonyl (C=O) groups is 1. The molecule has 1 amide bonds. The Hall–Kier alpha value is -2.56. The SMILES string of the molecule is COc1ccccc1C(=O)N(C)c1cc(N)ccn1. The van der Waals surface area contributed by atoms with Crippen molar-refractivity contribution in [3.8, 4) is 5.75 Å². The molecule has 2 rings (SSSR count). The number of nitrogens with zero attached hydrogens (tertiary/aromatic N) is 2. The number of nitrogens with two attached hydrogens (primary N) is 1. The van der Waals surface area contributed by atoms with Crippen LogP contribution in [-0.2, 0) is 0 Å². The summed E-state index contributed by atoms with van der Waals surface area (Å²) in [6.45, 7) is 0. The zero-order chi connectivity index (χ0) is 13.8. The van der Waals surface area contributed by atoms with Crippen molar-refractivity contribution in [3.63, 3.8) is 0 Å². The van der Waals surface area contributed by atoms with E-state index in [2.05, 4.69) is 4.98 Å². The van der Waals surface area contributed by atoms with Crippen molar-refractivity contribution in [2.45, 2.75) is 0 Å². The van der Waals surface area contributed by atoms with Gasteiger partial charge in [0.15, 0.2) is 0 Å². The Kier molecular flexibility index (Phi) is 3.66. The van der Waals surface area contributed by atoms with E-state index in [1.165, 1.54) is 12.0 Å². The Bertz CT molecular complexity index is 599. The molecule has 0 unspecified atom stereocenters. The topological polar surface area (TPSA) is 68.5 Å². The molecule has 5 heteroatoms. The number of para-hydroxylation sites is 1. The van der Waals surface area contributed by atoms with E-state index in [1.807, 2.05) is 6.07 Å². The number of hydrogen-bond acceptors (Lipinski definition) is 4. The van der Waals surface area contributed by atoms with Crippen molar-refractivity contribution in [2.24, 2.45) is 0 Å². The molecule has 0 saturated heterocycles. The van der Waals surface area contributed by atoms with Gasteiger partial charge in [-0.3, -0.25) is 9.69 Å². The van der Waals surface area contributed by atoms with Gasteiger partial charge in [0.25, 0.3) is 5.91 Å². The molecular weight excluding hydrogens is 242 g/mol. The molecule has 1 aromatic carbocycles. The highest BCUT2D eigenvalue weighted by molar-refractivity contribution is 6.07. The minimum Gasteiger partial charge on any atom is -0.496 e. The van der Waals surface area contributed by atoms with Gasteiger partial charge in [-0.15, -0.1) is 0 Å². The maximum Gasteiger partial charge on any atom is 0.262 e. The zero-order valence-electron chi connectivity index (χ0n) is 10.8. The maximum atomic E-state index is 12.4. The van der Waals surface area contributed by atoms with Crippen LogP contribution < -0.4 is 15.4 Å². The fraction of sp³-hybridized carbons (Fsp3) is 0.143. The molecule has 0 saturated carbocycles. The second-order valence-electron chi connectivity index (χ2n) is 4.01. The number of aromatic nitrogens is 1. The number of pyridine rings is 1. The number of ether oxygens (including phenoxy) is 1. The first-order valence-electron chi connectivity index (χ1n) is 5.76. The molecular formula is C14H15N3O2. The lowest BCUT2D eigenvalue weighted by Crippen LogP contribution is -2.27.